The van der Waals surface area contributed by atoms with Crippen LogP contribution in [0.25, 0.3) is 0 Å². The van der Waals surface area contributed by atoms with Crippen LogP contribution >= 0.6 is 0 Å². The van der Waals surface area contributed by atoms with Crippen molar-refractivity contribution in [2.24, 2.45) is 5.92 Å². The van der Waals surface area contributed by atoms with Crippen molar-refractivity contribution in [2.75, 3.05) is 19.6 Å². The Bertz CT molecular complexity index is 314. The zero-order valence-electron chi connectivity index (χ0n) is 9.73. The fourth-order valence-electron chi connectivity index (χ4n) is 3.01. The molecular weight excluding hydrogens is 196 g/mol. The predicted molar refractivity (Wildman–Crippen MR) is 66.2 cm³/mol. The molecule has 0 amide bonds. The summed E-state index contributed by atoms with van der Waals surface area (Å²) in [5.41, 5.74) is 1.45. The van der Waals surface area contributed by atoms with Gasteiger partial charge in [-0.15, -0.1) is 0 Å². The zero-order valence-corrected chi connectivity index (χ0v) is 9.73. The molecule has 1 aromatic rings. The largest absolute Gasteiger partial charge is 0.312 e. The van der Waals surface area contributed by atoms with E-state index in [2.05, 4.69) is 40.5 Å². The number of rotatable bonds is 2. The first kappa shape index (κ1) is 10.3. The summed E-state index contributed by atoms with van der Waals surface area (Å²) in [6.07, 6.45) is 2.79. The fraction of sp³-hybridized carbons (Fsp3) is 0.571. The van der Waals surface area contributed by atoms with Crippen LogP contribution in [0.3, 0.4) is 0 Å². The smallest absolute Gasteiger partial charge is 0.0234 e. The van der Waals surface area contributed by atoms with E-state index < -0.39 is 0 Å². The van der Waals surface area contributed by atoms with Gasteiger partial charge in [-0.05, 0) is 30.9 Å². The Kier molecular flexibility index (Phi) is 2.94. The topological polar surface area (TPSA) is 15.3 Å². The molecule has 3 saturated heterocycles. The maximum absolute atomic E-state index is 3.66. The lowest BCUT2D eigenvalue weighted by molar-refractivity contribution is 0.256. The normalized spacial score (nSPS) is 30.2. The molecule has 4 rings (SSSR count). The van der Waals surface area contributed by atoms with Crippen molar-refractivity contribution in [1.29, 1.82) is 0 Å². The average molecular weight is 216 g/mol. The molecule has 2 bridgehead atoms. The van der Waals surface area contributed by atoms with Gasteiger partial charge in [-0.25, -0.2) is 0 Å². The Labute approximate surface area is 97.6 Å². The van der Waals surface area contributed by atoms with Crippen molar-refractivity contribution in [3.63, 3.8) is 0 Å². The molecule has 0 radical (unpaired) electrons. The minimum Gasteiger partial charge on any atom is -0.312 e. The molecule has 0 aliphatic carbocycles. The predicted octanol–water partition coefficient (Wildman–Crippen LogP) is 1.87. The van der Waals surface area contributed by atoms with E-state index in [0.29, 0.717) is 0 Å². The van der Waals surface area contributed by atoms with E-state index >= 15 is 0 Å². The number of benzene rings is 1. The van der Waals surface area contributed by atoms with Gasteiger partial charge in [0.25, 0.3) is 0 Å². The molecule has 1 aromatic carbocycles. The molecular formula is C14H20N2. The number of piperidine rings is 1. The van der Waals surface area contributed by atoms with Crippen molar-refractivity contribution in [2.45, 2.75) is 25.4 Å². The highest BCUT2D eigenvalue weighted by Crippen LogP contribution is 2.22. The molecule has 0 aromatic heterocycles. The Hall–Kier alpha value is -0.860. The molecule has 0 spiro atoms. The Morgan fingerprint density at radius 3 is 2.75 bits per heavy atom. The van der Waals surface area contributed by atoms with Gasteiger partial charge in [0.05, 0.1) is 0 Å². The van der Waals surface area contributed by atoms with Crippen LogP contribution in [-0.4, -0.2) is 30.6 Å². The molecule has 16 heavy (non-hydrogen) atoms. The van der Waals surface area contributed by atoms with E-state index in [9.17, 15) is 0 Å². The van der Waals surface area contributed by atoms with Crippen molar-refractivity contribution in [3.05, 3.63) is 35.9 Å². The van der Waals surface area contributed by atoms with Crippen LogP contribution in [0.5, 0.6) is 0 Å². The van der Waals surface area contributed by atoms with Crippen molar-refractivity contribution < 1.29 is 0 Å². The third-order valence-corrected chi connectivity index (χ3v) is 3.86. The van der Waals surface area contributed by atoms with E-state index in [4.69, 9.17) is 0 Å². The fourth-order valence-corrected chi connectivity index (χ4v) is 3.01. The van der Waals surface area contributed by atoms with Crippen molar-refractivity contribution in [3.8, 4) is 0 Å². The monoisotopic (exact) mass is 216 g/mol. The summed E-state index contributed by atoms with van der Waals surface area (Å²) < 4.78 is 0. The maximum Gasteiger partial charge on any atom is 0.0234 e. The highest BCUT2D eigenvalue weighted by molar-refractivity contribution is 5.14. The second kappa shape index (κ2) is 4.56. The lowest BCUT2D eigenvalue weighted by Gasteiger charge is -2.23. The molecule has 3 aliphatic rings. The number of hydrogen-bond acceptors (Lipinski definition) is 2. The van der Waals surface area contributed by atoms with Gasteiger partial charge < -0.3 is 5.32 Å². The zero-order chi connectivity index (χ0) is 10.8. The number of fused-ring (bicyclic) bond motifs is 4. The molecule has 2 nitrogen and oxygen atoms in total. The van der Waals surface area contributed by atoms with Crippen LogP contribution in [0.1, 0.15) is 18.4 Å². The molecule has 0 saturated carbocycles. The van der Waals surface area contributed by atoms with Gasteiger partial charge in [0, 0.05) is 25.7 Å². The molecule has 3 aliphatic heterocycles. The first-order chi connectivity index (χ1) is 7.90. The van der Waals surface area contributed by atoms with Crippen LogP contribution < -0.4 is 5.32 Å². The van der Waals surface area contributed by atoms with E-state index in [1.807, 2.05) is 0 Å². The molecule has 86 valence electrons. The summed E-state index contributed by atoms with van der Waals surface area (Å²) >= 11 is 0. The summed E-state index contributed by atoms with van der Waals surface area (Å²) in [7, 11) is 0. The first-order valence-corrected chi connectivity index (χ1v) is 6.40. The maximum atomic E-state index is 3.66. The van der Waals surface area contributed by atoms with E-state index in [0.717, 1.165) is 18.5 Å². The van der Waals surface area contributed by atoms with Gasteiger partial charge in [0.15, 0.2) is 0 Å². The Morgan fingerprint density at radius 2 is 2.00 bits per heavy atom. The van der Waals surface area contributed by atoms with Crippen molar-refractivity contribution >= 4 is 0 Å². The minimum atomic E-state index is 0.738. The molecule has 2 heteroatoms. The van der Waals surface area contributed by atoms with Crippen LogP contribution in [0.15, 0.2) is 30.3 Å². The summed E-state index contributed by atoms with van der Waals surface area (Å²) in [6.45, 7) is 4.86. The SMILES string of the molecule is c1ccc(CN2C[C@@H]3CC[C@H](C2)NC3)cc1. The standard InChI is InChI=1S/C14H20N2/c1-2-4-12(5-3-1)9-16-10-13-6-7-14(11-16)15-8-13/h1-5,13-15H,6-11H2/t13-,14-/m1/s1. The van der Waals surface area contributed by atoms with Gasteiger partial charge in [0.1, 0.15) is 0 Å². The Balaban J connectivity index is 1.67. The van der Waals surface area contributed by atoms with Gasteiger partial charge in [-0.2, -0.15) is 0 Å². The van der Waals surface area contributed by atoms with E-state index in [1.54, 1.807) is 0 Å². The summed E-state index contributed by atoms with van der Waals surface area (Å²) in [5.74, 6) is 0.877. The third kappa shape index (κ3) is 2.28. The molecule has 3 heterocycles. The van der Waals surface area contributed by atoms with E-state index in [-0.39, 0.29) is 0 Å². The van der Waals surface area contributed by atoms with Crippen LogP contribution in [0, 0.1) is 5.92 Å². The van der Waals surface area contributed by atoms with Gasteiger partial charge in [0.2, 0.25) is 0 Å². The lowest BCUT2D eigenvalue weighted by Crippen LogP contribution is -2.39. The highest BCUT2D eigenvalue weighted by Gasteiger charge is 2.28. The van der Waals surface area contributed by atoms with Crippen LogP contribution in [0.4, 0.5) is 0 Å². The molecule has 2 atom stereocenters. The highest BCUT2D eigenvalue weighted by atomic mass is 15.2. The van der Waals surface area contributed by atoms with Gasteiger partial charge in [-0.1, -0.05) is 30.3 Å². The van der Waals surface area contributed by atoms with Crippen LogP contribution in [0.2, 0.25) is 0 Å². The third-order valence-electron chi connectivity index (χ3n) is 3.86. The lowest BCUT2D eigenvalue weighted by atomic mass is 9.97. The first-order valence-electron chi connectivity index (χ1n) is 6.40. The quantitative estimate of drug-likeness (QED) is 0.812. The second-order valence-corrected chi connectivity index (χ2v) is 5.23. The number of nitrogens with zero attached hydrogens (tertiary/aromatic N) is 1. The summed E-state index contributed by atoms with van der Waals surface area (Å²) in [6, 6.07) is 11.6. The number of hydrogen-bond donors (Lipinski definition) is 1. The second-order valence-electron chi connectivity index (χ2n) is 5.23. The molecule has 0 unspecified atom stereocenters. The molecule has 3 fully saturated rings. The van der Waals surface area contributed by atoms with Crippen LogP contribution in [-0.2, 0) is 6.54 Å². The average Bonchev–Trinajstić information content (AvgIpc) is 2.62. The number of nitrogens with one attached hydrogen (secondary N) is 1. The van der Waals surface area contributed by atoms with Gasteiger partial charge >= 0.3 is 0 Å². The minimum absolute atomic E-state index is 0.738. The summed E-state index contributed by atoms with van der Waals surface area (Å²) in [5, 5.41) is 3.66. The summed E-state index contributed by atoms with van der Waals surface area (Å²) in [4.78, 5) is 2.62. The van der Waals surface area contributed by atoms with E-state index in [1.165, 1.54) is 38.0 Å². The Morgan fingerprint density at radius 1 is 1.12 bits per heavy atom. The van der Waals surface area contributed by atoms with Gasteiger partial charge in [-0.3, -0.25) is 4.90 Å². The molecule has 1 N–H and O–H groups in total. The van der Waals surface area contributed by atoms with Crippen molar-refractivity contribution in [1.82, 2.24) is 10.2 Å².